The Labute approximate surface area is 161 Å². The highest BCUT2D eigenvalue weighted by Crippen LogP contribution is 2.27. The first-order valence-corrected chi connectivity index (χ1v) is 9.73. The van der Waals surface area contributed by atoms with Gasteiger partial charge in [0.15, 0.2) is 0 Å². The van der Waals surface area contributed by atoms with Gasteiger partial charge in [-0.1, -0.05) is 25.4 Å². The van der Waals surface area contributed by atoms with Gasteiger partial charge in [-0.15, -0.1) is 0 Å². The van der Waals surface area contributed by atoms with E-state index in [1.54, 1.807) is 13.8 Å². The molecule has 0 radical (unpaired) electrons. The second-order valence-electron chi connectivity index (χ2n) is 5.34. The highest BCUT2D eigenvalue weighted by Gasteiger charge is 2.26. The number of carbonyl (C=O) groups is 1. The second-order valence-corrected chi connectivity index (χ2v) is 7.65. The minimum absolute atomic E-state index is 0.00348. The van der Waals surface area contributed by atoms with Gasteiger partial charge in [0, 0.05) is 24.8 Å². The molecule has 2 rings (SSSR count). The van der Waals surface area contributed by atoms with Crippen molar-refractivity contribution in [2.24, 2.45) is 0 Å². The van der Waals surface area contributed by atoms with E-state index >= 15 is 0 Å². The highest BCUT2D eigenvalue weighted by atomic mass is 35.5. The lowest BCUT2D eigenvalue weighted by Gasteiger charge is -2.19. The van der Waals surface area contributed by atoms with Crippen LogP contribution in [0.2, 0.25) is 5.02 Å². The Hall–Kier alpha value is -2.56. The van der Waals surface area contributed by atoms with E-state index < -0.39 is 20.9 Å². The number of pyridine rings is 1. The number of sulfonamides is 1. The summed E-state index contributed by atoms with van der Waals surface area (Å²) in [6, 6.07) is 5.07. The fourth-order valence-electron chi connectivity index (χ4n) is 2.38. The molecule has 1 amide bonds. The van der Waals surface area contributed by atoms with Gasteiger partial charge in [-0.05, 0) is 24.3 Å². The quantitative estimate of drug-likeness (QED) is 0.551. The summed E-state index contributed by atoms with van der Waals surface area (Å²) >= 11 is 6.04. The molecule has 0 saturated heterocycles. The van der Waals surface area contributed by atoms with Gasteiger partial charge in [-0.3, -0.25) is 19.9 Å². The van der Waals surface area contributed by atoms with E-state index in [0.717, 1.165) is 12.3 Å². The first-order valence-electron chi connectivity index (χ1n) is 7.91. The zero-order valence-electron chi connectivity index (χ0n) is 14.5. The molecule has 1 heterocycles. The molecule has 2 aromatic rings. The van der Waals surface area contributed by atoms with Gasteiger partial charge < -0.3 is 5.32 Å². The van der Waals surface area contributed by atoms with Gasteiger partial charge in [0.05, 0.1) is 9.95 Å². The summed E-state index contributed by atoms with van der Waals surface area (Å²) in [6.45, 7) is 3.87. The summed E-state index contributed by atoms with van der Waals surface area (Å²) in [6.07, 6.45) is 2.30. The zero-order valence-corrected chi connectivity index (χ0v) is 16.1. The van der Waals surface area contributed by atoms with Crippen LogP contribution in [0.15, 0.2) is 41.6 Å². The van der Waals surface area contributed by atoms with E-state index in [-0.39, 0.29) is 39.9 Å². The number of benzene rings is 1. The van der Waals surface area contributed by atoms with Gasteiger partial charge in [0.25, 0.3) is 5.91 Å². The van der Waals surface area contributed by atoms with Crippen LogP contribution in [0.4, 0.5) is 11.4 Å². The molecule has 1 aromatic carbocycles. The SMILES string of the molecule is CCN(CC)S(=O)(=O)c1cc(C(=O)Nc2ccncc2[N+](=O)[O-])ccc1Cl. The molecule has 0 saturated carbocycles. The van der Waals surface area contributed by atoms with Crippen LogP contribution in [0.1, 0.15) is 24.2 Å². The lowest BCUT2D eigenvalue weighted by Crippen LogP contribution is -2.31. The smallest absolute Gasteiger partial charge is 0.310 e. The van der Waals surface area contributed by atoms with Gasteiger partial charge >= 0.3 is 5.69 Å². The second kappa shape index (κ2) is 8.42. The summed E-state index contributed by atoms with van der Waals surface area (Å²) in [5, 5.41) is 13.4. The molecule has 0 aliphatic rings. The van der Waals surface area contributed by atoms with Crippen LogP contribution in [-0.2, 0) is 10.0 Å². The highest BCUT2D eigenvalue weighted by molar-refractivity contribution is 7.89. The number of nitrogens with one attached hydrogen (secondary N) is 1. The lowest BCUT2D eigenvalue weighted by atomic mass is 10.2. The number of hydrogen-bond acceptors (Lipinski definition) is 6. The van der Waals surface area contributed by atoms with Gasteiger partial charge in [0.1, 0.15) is 16.8 Å². The number of nitro groups is 1. The van der Waals surface area contributed by atoms with Gasteiger partial charge in [0.2, 0.25) is 10.0 Å². The van der Waals surface area contributed by atoms with Crippen molar-refractivity contribution in [3.8, 4) is 0 Å². The van der Waals surface area contributed by atoms with E-state index in [1.807, 2.05) is 0 Å². The maximum Gasteiger partial charge on any atom is 0.310 e. The Morgan fingerprint density at radius 2 is 1.96 bits per heavy atom. The average molecular weight is 413 g/mol. The normalized spacial score (nSPS) is 11.4. The largest absolute Gasteiger partial charge is 0.316 e. The topological polar surface area (TPSA) is 123 Å². The first kappa shape index (κ1) is 20.7. The maximum atomic E-state index is 12.7. The molecule has 11 heteroatoms. The summed E-state index contributed by atoms with van der Waals surface area (Å²) in [4.78, 5) is 26.3. The van der Waals surface area contributed by atoms with Crippen molar-refractivity contribution in [2.75, 3.05) is 18.4 Å². The minimum atomic E-state index is -3.88. The van der Waals surface area contributed by atoms with Crippen molar-refractivity contribution < 1.29 is 18.1 Å². The van der Waals surface area contributed by atoms with E-state index in [2.05, 4.69) is 10.3 Å². The monoisotopic (exact) mass is 412 g/mol. The molecular weight excluding hydrogens is 396 g/mol. The van der Waals surface area contributed by atoms with Crippen LogP contribution < -0.4 is 5.32 Å². The molecule has 1 aromatic heterocycles. The van der Waals surface area contributed by atoms with Crippen LogP contribution >= 0.6 is 11.6 Å². The van der Waals surface area contributed by atoms with Crippen molar-refractivity contribution in [2.45, 2.75) is 18.7 Å². The zero-order chi connectivity index (χ0) is 20.2. The molecule has 0 fully saturated rings. The summed E-state index contributed by atoms with van der Waals surface area (Å²) in [7, 11) is -3.88. The minimum Gasteiger partial charge on any atom is -0.316 e. The van der Waals surface area contributed by atoms with Gasteiger partial charge in [-0.2, -0.15) is 4.31 Å². The Balaban J connectivity index is 2.41. The fraction of sp³-hybridized carbons (Fsp3) is 0.250. The van der Waals surface area contributed by atoms with E-state index in [1.165, 1.54) is 28.7 Å². The number of carbonyl (C=O) groups excluding carboxylic acids is 1. The Kier molecular flexibility index (Phi) is 6.47. The number of amides is 1. The summed E-state index contributed by atoms with van der Waals surface area (Å²) in [5.41, 5.74) is -0.435. The molecule has 0 spiro atoms. The Morgan fingerprint density at radius 1 is 1.30 bits per heavy atom. The molecule has 0 aliphatic heterocycles. The van der Waals surface area contributed by atoms with Crippen LogP contribution in [0.5, 0.6) is 0 Å². The molecule has 1 N–H and O–H groups in total. The third kappa shape index (κ3) is 4.41. The number of hydrogen-bond donors (Lipinski definition) is 1. The fourth-order valence-corrected chi connectivity index (χ4v) is 4.34. The summed E-state index contributed by atoms with van der Waals surface area (Å²) in [5.74, 6) is -0.711. The predicted octanol–water partition coefficient (Wildman–Crippen LogP) is 2.93. The van der Waals surface area contributed by atoms with Crippen LogP contribution in [0, 0.1) is 10.1 Å². The van der Waals surface area contributed by atoms with E-state index in [0.29, 0.717) is 0 Å². The number of nitrogens with zero attached hydrogens (tertiary/aromatic N) is 3. The number of halogens is 1. The molecule has 0 bridgehead atoms. The molecule has 0 atom stereocenters. The predicted molar refractivity (Wildman–Crippen MR) is 100 cm³/mol. The molecule has 0 unspecified atom stereocenters. The third-order valence-electron chi connectivity index (χ3n) is 3.76. The van der Waals surface area contributed by atoms with E-state index in [9.17, 15) is 23.3 Å². The third-order valence-corrected chi connectivity index (χ3v) is 6.29. The number of rotatable bonds is 7. The molecule has 0 aliphatic carbocycles. The van der Waals surface area contributed by atoms with Crippen LogP contribution in [-0.4, -0.2) is 41.6 Å². The van der Waals surface area contributed by atoms with Crippen molar-refractivity contribution in [1.29, 1.82) is 0 Å². The lowest BCUT2D eigenvalue weighted by molar-refractivity contribution is -0.384. The average Bonchev–Trinajstić information content (AvgIpc) is 2.62. The van der Waals surface area contributed by atoms with Gasteiger partial charge in [-0.25, -0.2) is 8.42 Å². The molecule has 27 heavy (non-hydrogen) atoms. The standard InChI is InChI=1S/C16H17ClN4O5S/c1-3-20(4-2)27(25,26)15-9-11(5-6-12(15)17)16(22)19-13-7-8-18-10-14(13)21(23)24/h5-10H,3-4H2,1-2H3,(H,18,19,22). The van der Waals surface area contributed by atoms with Crippen LogP contribution in [0.25, 0.3) is 0 Å². The van der Waals surface area contributed by atoms with Crippen molar-refractivity contribution >= 4 is 38.9 Å². The van der Waals surface area contributed by atoms with Crippen molar-refractivity contribution in [3.63, 3.8) is 0 Å². The maximum absolute atomic E-state index is 12.7. The first-order chi connectivity index (χ1) is 12.7. The summed E-state index contributed by atoms with van der Waals surface area (Å²) < 4.78 is 26.6. The number of aromatic nitrogens is 1. The molecular formula is C16H17ClN4O5S. The van der Waals surface area contributed by atoms with E-state index in [4.69, 9.17) is 11.6 Å². The molecule has 144 valence electrons. The van der Waals surface area contributed by atoms with Crippen LogP contribution in [0.3, 0.4) is 0 Å². The van der Waals surface area contributed by atoms with Crippen molar-refractivity contribution in [1.82, 2.24) is 9.29 Å². The molecule has 9 nitrogen and oxygen atoms in total. The Morgan fingerprint density at radius 3 is 2.56 bits per heavy atom. The van der Waals surface area contributed by atoms with Crippen molar-refractivity contribution in [3.05, 3.63) is 57.4 Å². The Bertz CT molecular complexity index is 977. The number of anilines is 1.